The Morgan fingerprint density at radius 2 is 1.58 bits per heavy atom. The van der Waals surface area contributed by atoms with Gasteiger partial charge in [0.05, 0.1) is 11.6 Å². The van der Waals surface area contributed by atoms with Crippen molar-refractivity contribution in [2.24, 2.45) is 10.8 Å². The summed E-state index contributed by atoms with van der Waals surface area (Å²) < 4.78 is 32.0. The highest BCUT2D eigenvalue weighted by atomic mass is 19.1. The fourth-order valence-electron chi connectivity index (χ4n) is 2.08. The molecule has 0 spiro atoms. The number of benzene rings is 1. The van der Waals surface area contributed by atoms with E-state index < -0.39 is 41.2 Å². The second-order valence-electron chi connectivity index (χ2n) is 7.83. The molecule has 1 aromatic carbocycles. The summed E-state index contributed by atoms with van der Waals surface area (Å²) in [7, 11) is 0. The number of hydrogen-bond acceptors (Lipinski definition) is 3. The number of hydrogen-bond donors (Lipinski definition) is 1. The van der Waals surface area contributed by atoms with E-state index in [0.29, 0.717) is 0 Å². The Labute approximate surface area is 141 Å². The van der Waals surface area contributed by atoms with Gasteiger partial charge in [0.1, 0.15) is 18.2 Å². The van der Waals surface area contributed by atoms with Crippen molar-refractivity contribution < 1.29 is 23.1 Å². The minimum absolute atomic E-state index is 0.149. The third-order valence-electron chi connectivity index (χ3n) is 3.54. The second kappa shape index (κ2) is 7.28. The molecule has 134 valence electrons. The summed E-state index contributed by atoms with van der Waals surface area (Å²) in [5, 5.41) is 2.52. The van der Waals surface area contributed by atoms with Gasteiger partial charge in [-0.3, -0.25) is 4.79 Å². The van der Waals surface area contributed by atoms with E-state index in [1.165, 1.54) is 6.07 Å². The van der Waals surface area contributed by atoms with E-state index in [2.05, 4.69) is 5.32 Å². The highest BCUT2D eigenvalue weighted by molar-refractivity contribution is 5.91. The molecule has 24 heavy (non-hydrogen) atoms. The molecule has 1 aromatic rings. The van der Waals surface area contributed by atoms with Gasteiger partial charge in [-0.15, -0.1) is 0 Å². The van der Waals surface area contributed by atoms with Crippen LogP contribution in [0.3, 0.4) is 0 Å². The van der Waals surface area contributed by atoms with Crippen molar-refractivity contribution in [3.8, 4) is 0 Å². The van der Waals surface area contributed by atoms with Gasteiger partial charge in [-0.2, -0.15) is 0 Å². The number of alkyl carbamates (subject to hydrolysis) is 1. The molecule has 0 aliphatic carbocycles. The molecule has 1 N–H and O–H groups in total. The maximum absolute atomic E-state index is 13.5. The van der Waals surface area contributed by atoms with E-state index in [1.807, 2.05) is 20.8 Å². The first-order valence-corrected chi connectivity index (χ1v) is 7.74. The zero-order valence-electron chi connectivity index (χ0n) is 15.0. The molecule has 0 saturated carbocycles. The Kier molecular flexibility index (Phi) is 6.09. The first kappa shape index (κ1) is 20.1. The van der Waals surface area contributed by atoms with Crippen molar-refractivity contribution in [2.75, 3.05) is 0 Å². The van der Waals surface area contributed by atoms with Crippen LogP contribution < -0.4 is 5.32 Å². The molecule has 1 unspecified atom stereocenters. The van der Waals surface area contributed by atoms with Gasteiger partial charge >= 0.3 is 6.09 Å². The molecule has 6 heteroatoms. The summed E-state index contributed by atoms with van der Waals surface area (Å²) in [6, 6.07) is 2.61. The van der Waals surface area contributed by atoms with E-state index in [1.54, 1.807) is 20.8 Å². The average molecular weight is 341 g/mol. The predicted molar refractivity (Wildman–Crippen MR) is 87.4 cm³/mol. The van der Waals surface area contributed by atoms with Crippen LogP contribution in [0.25, 0.3) is 0 Å². The van der Waals surface area contributed by atoms with Crippen molar-refractivity contribution in [1.82, 2.24) is 5.32 Å². The molecule has 0 fully saturated rings. The molecule has 0 bridgehead atoms. The SMILES string of the molecule is CC(C)(C)C(=O)C(NC(=O)OCc1c(F)cccc1F)C(C)(C)C. The fraction of sp³-hybridized carbons (Fsp3) is 0.556. The van der Waals surface area contributed by atoms with Gasteiger partial charge in [0.25, 0.3) is 0 Å². The van der Waals surface area contributed by atoms with Crippen LogP contribution in [-0.4, -0.2) is 17.9 Å². The third kappa shape index (κ3) is 5.28. The maximum Gasteiger partial charge on any atom is 0.408 e. The molecular weight excluding hydrogens is 316 g/mol. The predicted octanol–water partition coefficient (Wildman–Crippen LogP) is 4.22. The first-order chi connectivity index (χ1) is 10.8. The van der Waals surface area contributed by atoms with Crippen LogP contribution in [0.5, 0.6) is 0 Å². The van der Waals surface area contributed by atoms with E-state index in [9.17, 15) is 18.4 Å². The van der Waals surface area contributed by atoms with Crippen molar-refractivity contribution in [3.63, 3.8) is 0 Å². The monoisotopic (exact) mass is 341 g/mol. The number of Topliss-reactive ketones (excluding diaryl/α,β-unsaturated/α-hetero) is 1. The van der Waals surface area contributed by atoms with E-state index in [-0.39, 0.29) is 11.3 Å². The van der Waals surface area contributed by atoms with Gasteiger partial charge in [0.15, 0.2) is 5.78 Å². The van der Waals surface area contributed by atoms with E-state index >= 15 is 0 Å². The number of carbonyl (C=O) groups excluding carboxylic acids is 2. The molecule has 0 aliphatic rings. The minimum atomic E-state index is -0.893. The number of ether oxygens (including phenoxy) is 1. The standard InChI is InChI=1S/C18H25F2NO3/c1-17(2,3)14(15(22)18(4,5)6)21-16(23)24-10-11-12(19)8-7-9-13(11)20/h7-9,14H,10H2,1-6H3,(H,21,23). The largest absolute Gasteiger partial charge is 0.444 e. The van der Waals surface area contributed by atoms with Crippen molar-refractivity contribution >= 4 is 11.9 Å². The van der Waals surface area contributed by atoms with Crippen LogP contribution >= 0.6 is 0 Å². The van der Waals surface area contributed by atoms with Gasteiger partial charge in [-0.25, -0.2) is 13.6 Å². The quantitative estimate of drug-likeness (QED) is 0.892. The number of halogens is 2. The molecule has 1 amide bonds. The van der Waals surface area contributed by atoms with E-state index in [0.717, 1.165) is 12.1 Å². The zero-order valence-corrected chi connectivity index (χ0v) is 15.0. The third-order valence-corrected chi connectivity index (χ3v) is 3.54. The minimum Gasteiger partial charge on any atom is -0.444 e. The molecule has 1 atom stereocenters. The normalized spacial score (nSPS) is 13.3. The number of amides is 1. The lowest BCUT2D eigenvalue weighted by atomic mass is 9.76. The second-order valence-corrected chi connectivity index (χ2v) is 7.83. The Hall–Kier alpha value is -1.98. The lowest BCUT2D eigenvalue weighted by Crippen LogP contribution is -2.52. The summed E-state index contributed by atoms with van der Waals surface area (Å²) in [5.74, 6) is -1.73. The number of ketones is 1. The van der Waals surface area contributed by atoms with Crippen LogP contribution in [0.1, 0.15) is 47.1 Å². The summed E-state index contributed by atoms with van der Waals surface area (Å²) in [5.41, 5.74) is -1.52. The fourth-order valence-corrected chi connectivity index (χ4v) is 2.08. The molecule has 0 radical (unpaired) electrons. The molecular formula is C18H25F2NO3. The van der Waals surface area contributed by atoms with Gasteiger partial charge < -0.3 is 10.1 Å². The van der Waals surface area contributed by atoms with Crippen LogP contribution in [0.2, 0.25) is 0 Å². The smallest absolute Gasteiger partial charge is 0.408 e. The lowest BCUT2D eigenvalue weighted by molar-refractivity contribution is -0.130. The van der Waals surface area contributed by atoms with Crippen LogP contribution in [0.4, 0.5) is 13.6 Å². The molecule has 0 aliphatic heterocycles. The lowest BCUT2D eigenvalue weighted by Gasteiger charge is -2.34. The van der Waals surface area contributed by atoms with Crippen LogP contribution in [0, 0.1) is 22.5 Å². The van der Waals surface area contributed by atoms with Crippen molar-refractivity contribution in [2.45, 2.75) is 54.2 Å². The zero-order chi connectivity index (χ0) is 18.7. The Morgan fingerprint density at radius 3 is 2.00 bits per heavy atom. The molecule has 0 saturated heterocycles. The summed E-state index contributed by atoms with van der Waals surface area (Å²) in [6.07, 6.45) is -0.893. The summed E-state index contributed by atoms with van der Waals surface area (Å²) in [6.45, 7) is 10.2. The highest BCUT2D eigenvalue weighted by Crippen LogP contribution is 2.27. The molecule has 0 heterocycles. The first-order valence-electron chi connectivity index (χ1n) is 7.74. The van der Waals surface area contributed by atoms with Crippen molar-refractivity contribution in [3.05, 3.63) is 35.4 Å². The van der Waals surface area contributed by atoms with Gasteiger partial charge in [0, 0.05) is 5.41 Å². The molecule has 1 rings (SSSR count). The molecule has 4 nitrogen and oxygen atoms in total. The average Bonchev–Trinajstić information content (AvgIpc) is 2.41. The van der Waals surface area contributed by atoms with Gasteiger partial charge in [0.2, 0.25) is 0 Å². The molecule has 0 aromatic heterocycles. The number of carbonyl (C=O) groups is 2. The van der Waals surface area contributed by atoms with Crippen molar-refractivity contribution in [1.29, 1.82) is 0 Å². The highest BCUT2D eigenvalue weighted by Gasteiger charge is 2.38. The summed E-state index contributed by atoms with van der Waals surface area (Å²) >= 11 is 0. The summed E-state index contributed by atoms with van der Waals surface area (Å²) in [4.78, 5) is 24.5. The Balaban J connectivity index is 2.82. The number of nitrogens with one attached hydrogen (secondary N) is 1. The van der Waals surface area contributed by atoms with Gasteiger partial charge in [-0.05, 0) is 17.5 Å². The Morgan fingerprint density at radius 1 is 1.08 bits per heavy atom. The Bertz CT molecular complexity index is 595. The van der Waals surface area contributed by atoms with E-state index in [4.69, 9.17) is 4.74 Å². The maximum atomic E-state index is 13.5. The van der Waals surface area contributed by atoms with Gasteiger partial charge in [-0.1, -0.05) is 47.6 Å². The number of rotatable bonds is 4. The van der Waals surface area contributed by atoms with Crippen LogP contribution in [-0.2, 0) is 16.1 Å². The van der Waals surface area contributed by atoms with Crippen LogP contribution in [0.15, 0.2) is 18.2 Å². The topological polar surface area (TPSA) is 55.4 Å².